The molecule has 0 saturated heterocycles. The van der Waals surface area contributed by atoms with E-state index >= 15 is 0 Å². The van der Waals surface area contributed by atoms with Gasteiger partial charge in [0, 0.05) is 17.5 Å². The fraction of sp³-hybridized carbons (Fsp3) is 0.0625. The summed E-state index contributed by atoms with van der Waals surface area (Å²) in [7, 11) is -4.49. The molecule has 9 heteroatoms. The van der Waals surface area contributed by atoms with Gasteiger partial charge in [0.15, 0.2) is 0 Å². The maximum Gasteiger partial charge on any atom is 0.416 e. The lowest BCUT2D eigenvalue weighted by atomic mass is 10.2. The van der Waals surface area contributed by atoms with Gasteiger partial charge in [-0.3, -0.25) is 0 Å². The van der Waals surface area contributed by atoms with Crippen LogP contribution in [0.1, 0.15) is 5.56 Å². The molecule has 3 aromatic rings. The Hall–Kier alpha value is -2.81. The van der Waals surface area contributed by atoms with Crippen LogP contribution in [-0.4, -0.2) is 8.42 Å². The molecule has 0 fully saturated rings. The fourth-order valence-corrected chi connectivity index (χ4v) is 3.07. The molecule has 0 amide bonds. The van der Waals surface area contributed by atoms with Crippen molar-refractivity contribution in [3.8, 4) is 5.75 Å². The predicted octanol–water partition coefficient (Wildman–Crippen LogP) is 3.58. The third kappa shape index (κ3) is 3.66. The SMILES string of the molecule is O=c1ccc2ccc(OS(=O)(=O)c3cccc(C(F)(F)F)c3)cc2o1. The molecule has 0 aliphatic rings. The molecule has 0 bridgehead atoms. The van der Waals surface area contributed by atoms with Crippen LogP contribution in [0.5, 0.6) is 5.75 Å². The Labute approximate surface area is 139 Å². The van der Waals surface area contributed by atoms with Crippen molar-refractivity contribution in [2.45, 2.75) is 11.1 Å². The first kappa shape index (κ1) is 17.0. The van der Waals surface area contributed by atoms with Crippen molar-refractivity contribution in [3.05, 3.63) is 70.6 Å². The van der Waals surface area contributed by atoms with Gasteiger partial charge >= 0.3 is 21.9 Å². The number of fused-ring (bicyclic) bond motifs is 1. The number of rotatable bonds is 3. The lowest BCUT2D eigenvalue weighted by Crippen LogP contribution is -2.12. The van der Waals surface area contributed by atoms with Crippen molar-refractivity contribution in [2.24, 2.45) is 0 Å². The zero-order valence-electron chi connectivity index (χ0n) is 12.3. The quantitative estimate of drug-likeness (QED) is 0.520. The van der Waals surface area contributed by atoms with Gasteiger partial charge in [0.25, 0.3) is 0 Å². The molecule has 0 saturated carbocycles. The first-order valence-corrected chi connectivity index (χ1v) is 8.22. The summed E-state index contributed by atoms with van der Waals surface area (Å²) in [6.07, 6.45) is -4.68. The highest BCUT2D eigenvalue weighted by atomic mass is 32.2. The number of hydrogen-bond acceptors (Lipinski definition) is 5. The molecular weight excluding hydrogens is 361 g/mol. The Bertz CT molecular complexity index is 1100. The van der Waals surface area contributed by atoms with Crippen LogP contribution in [-0.2, 0) is 16.3 Å². The van der Waals surface area contributed by atoms with Crippen LogP contribution >= 0.6 is 0 Å². The minimum atomic E-state index is -4.68. The van der Waals surface area contributed by atoms with Crippen LogP contribution in [0.3, 0.4) is 0 Å². The van der Waals surface area contributed by atoms with Crippen molar-refractivity contribution in [1.82, 2.24) is 0 Å². The third-order valence-corrected chi connectivity index (χ3v) is 4.49. The average molecular weight is 370 g/mol. The number of benzene rings is 2. The second-order valence-corrected chi connectivity index (χ2v) is 6.56. The van der Waals surface area contributed by atoms with E-state index in [2.05, 4.69) is 0 Å². The third-order valence-electron chi connectivity index (χ3n) is 3.25. The molecule has 5 nitrogen and oxygen atoms in total. The van der Waals surface area contributed by atoms with E-state index in [9.17, 15) is 26.4 Å². The van der Waals surface area contributed by atoms with Crippen LogP contribution < -0.4 is 9.81 Å². The van der Waals surface area contributed by atoms with Crippen LogP contribution in [0.25, 0.3) is 11.0 Å². The minimum absolute atomic E-state index is 0.0873. The molecule has 0 atom stereocenters. The van der Waals surface area contributed by atoms with Gasteiger partial charge in [0.1, 0.15) is 16.2 Å². The number of halogens is 3. The summed E-state index contributed by atoms with van der Waals surface area (Å²) in [4.78, 5) is 10.6. The molecule has 0 N–H and O–H groups in total. The molecule has 25 heavy (non-hydrogen) atoms. The zero-order chi connectivity index (χ0) is 18.2. The molecule has 0 spiro atoms. The van der Waals surface area contributed by atoms with E-state index in [-0.39, 0.29) is 11.3 Å². The first-order chi connectivity index (χ1) is 11.6. The lowest BCUT2D eigenvalue weighted by Gasteiger charge is -2.10. The maximum absolute atomic E-state index is 12.7. The van der Waals surface area contributed by atoms with Gasteiger partial charge in [-0.1, -0.05) is 6.07 Å². The fourth-order valence-electron chi connectivity index (χ4n) is 2.10. The summed E-state index contributed by atoms with van der Waals surface area (Å²) in [5.41, 5.74) is -1.66. The molecule has 130 valence electrons. The largest absolute Gasteiger partial charge is 0.423 e. The molecule has 0 aliphatic carbocycles. The van der Waals surface area contributed by atoms with Gasteiger partial charge in [0.2, 0.25) is 0 Å². The van der Waals surface area contributed by atoms with Gasteiger partial charge in [-0.2, -0.15) is 21.6 Å². The van der Waals surface area contributed by atoms with Crippen molar-refractivity contribution in [3.63, 3.8) is 0 Å². The van der Waals surface area contributed by atoms with E-state index < -0.39 is 32.4 Å². The van der Waals surface area contributed by atoms with Crippen molar-refractivity contribution in [1.29, 1.82) is 0 Å². The van der Waals surface area contributed by atoms with Gasteiger partial charge in [0.05, 0.1) is 5.56 Å². The molecule has 1 aromatic heterocycles. The number of hydrogen-bond donors (Lipinski definition) is 0. The summed E-state index contributed by atoms with van der Waals surface area (Å²) < 4.78 is 72.3. The highest BCUT2D eigenvalue weighted by Crippen LogP contribution is 2.31. The summed E-state index contributed by atoms with van der Waals surface area (Å²) in [5, 5.41) is 0.531. The predicted molar refractivity (Wildman–Crippen MR) is 81.7 cm³/mol. The smallest absolute Gasteiger partial charge is 0.416 e. The standard InChI is InChI=1S/C16H9F3O5S/c17-16(18,19)11-2-1-3-13(8-11)25(21,22)24-12-6-4-10-5-7-15(20)23-14(10)9-12/h1-9H. The summed E-state index contributed by atoms with van der Waals surface area (Å²) in [5.74, 6) is -0.195. The Morgan fingerprint density at radius 1 is 0.960 bits per heavy atom. The molecular formula is C16H9F3O5S. The first-order valence-electron chi connectivity index (χ1n) is 6.81. The molecule has 0 radical (unpaired) electrons. The zero-order valence-corrected chi connectivity index (χ0v) is 13.1. The highest BCUT2D eigenvalue weighted by Gasteiger charge is 2.32. The van der Waals surface area contributed by atoms with E-state index in [0.29, 0.717) is 11.5 Å². The highest BCUT2D eigenvalue weighted by molar-refractivity contribution is 7.87. The van der Waals surface area contributed by atoms with Crippen molar-refractivity contribution >= 4 is 21.1 Å². The van der Waals surface area contributed by atoms with E-state index in [0.717, 1.165) is 18.2 Å². The molecule has 0 aliphatic heterocycles. The van der Waals surface area contributed by atoms with Gasteiger partial charge < -0.3 is 8.60 Å². The molecule has 2 aromatic carbocycles. The monoisotopic (exact) mass is 370 g/mol. The molecule has 1 heterocycles. The van der Waals surface area contributed by atoms with Crippen LogP contribution in [0.15, 0.2) is 68.7 Å². The van der Waals surface area contributed by atoms with Crippen LogP contribution in [0, 0.1) is 0 Å². The van der Waals surface area contributed by atoms with E-state index in [4.69, 9.17) is 8.60 Å². The Morgan fingerprint density at radius 2 is 1.68 bits per heavy atom. The normalized spacial score (nSPS) is 12.3. The lowest BCUT2D eigenvalue weighted by molar-refractivity contribution is -0.137. The van der Waals surface area contributed by atoms with E-state index in [1.165, 1.54) is 30.3 Å². The maximum atomic E-state index is 12.7. The summed E-state index contributed by atoms with van der Waals surface area (Å²) >= 11 is 0. The van der Waals surface area contributed by atoms with Crippen molar-refractivity contribution in [2.75, 3.05) is 0 Å². The van der Waals surface area contributed by atoms with Gasteiger partial charge in [-0.05, 0) is 36.4 Å². The molecule has 3 rings (SSSR count). The molecule has 0 unspecified atom stereocenters. The van der Waals surface area contributed by atoms with Crippen LogP contribution in [0.4, 0.5) is 13.2 Å². The van der Waals surface area contributed by atoms with Crippen molar-refractivity contribution < 1.29 is 30.2 Å². The Morgan fingerprint density at radius 3 is 2.40 bits per heavy atom. The topological polar surface area (TPSA) is 73.6 Å². The summed E-state index contributed by atoms with van der Waals surface area (Å²) in [6.45, 7) is 0. The minimum Gasteiger partial charge on any atom is -0.423 e. The van der Waals surface area contributed by atoms with Gasteiger partial charge in [-0.15, -0.1) is 0 Å². The second kappa shape index (κ2) is 5.92. The van der Waals surface area contributed by atoms with Crippen LogP contribution in [0.2, 0.25) is 0 Å². The Kier molecular flexibility index (Phi) is 4.03. The second-order valence-electron chi connectivity index (χ2n) is 5.02. The average Bonchev–Trinajstić information content (AvgIpc) is 2.53. The summed E-state index contributed by atoms with van der Waals surface area (Å²) in [6, 6.07) is 9.80. The van der Waals surface area contributed by atoms with E-state index in [1.807, 2.05) is 0 Å². The number of alkyl halides is 3. The van der Waals surface area contributed by atoms with Gasteiger partial charge in [-0.25, -0.2) is 4.79 Å². The Balaban J connectivity index is 1.98. The van der Waals surface area contributed by atoms with E-state index in [1.54, 1.807) is 0 Å².